The Hall–Kier alpha value is -0.630. The Kier molecular flexibility index (Phi) is 5.37. The second-order valence-electron chi connectivity index (χ2n) is 4.67. The van der Waals surface area contributed by atoms with Gasteiger partial charge in [0.15, 0.2) is 5.03 Å². The summed E-state index contributed by atoms with van der Waals surface area (Å²) in [5.41, 5.74) is 5.59. The molecular weight excluding hydrogens is 288 g/mol. The van der Waals surface area contributed by atoms with E-state index in [4.69, 9.17) is 5.73 Å². The molecule has 0 aliphatic carbocycles. The summed E-state index contributed by atoms with van der Waals surface area (Å²) in [4.78, 5) is 4.15. The van der Waals surface area contributed by atoms with Gasteiger partial charge in [0.1, 0.15) is 5.82 Å². The van der Waals surface area contributed by atoms with Crippen LogP contribution in [0.15, 0.2) is 11.2 Å². The summed E-state index contributed by atoms with van der Waals surface area (Å²) in [6, 6.07) is 0. The fourth-order valence-corrected chi connectivity index (χ4v) is 3.79. The molecule has 19 heavy (non-hydrogen) atoms. The summed E-state index contributed by atoms with van der Waals surface area (Å²) in [5.74, 6) is 1.000. The van der Waals surface area contributed by atoms with Crippen molar-refractivity contribution in [3.05, 3.63) is 12.0 Å². The van der Waals surface area contributed by atoms with E-state index in [9.17, 15) is 8.42 Å². The number of sulfonamides is 1. The lowest BCUT2D eigenvalue weighted by Crippen LogP contribution is -2.30. The van der Waals surface area contributed by atoms with E-state index in [-0.39, 0.29) is 23.4 Å². The highest BCUT2D eigenvalue weighted by atomic mass is 35.5. The van der Waals surface area contributed by atoms with E-state index in [1.165, 1.54) is 4.31 Å². The third-order valence-electron chi connectivity index (χ3n) is 3.48. The van der Waals surface area contributed by atoms with Gasteiger partial charge >= 0.3 is 0 Å². The fraction of sp³-hybridized carbons (Fsp3) is 0.727. The van der Waals surface area contributed by atoms with E-state index in [0.29, 0.717) is 19.6 Å². The van der Waals surface area contributed by atoms with Crippen molar-refractivity contribution in [1.29, 1.82) is 0 Å². The van der Waals surface area contributed by atoms with Gasteiger partial charge in [-0.05, 0) is 32.7 Å². The van der Waals surface area contributed by atoms with Crippen molar-refractivity contribution in [1.82, 2.24) is 13.9 Å². The predicted molar refractivity (Wildman–Crippen MR) is 75.8 cm³/mol. The van der Waals surface area contributed by atoms with Gasteiger partial charge in [0.05, 0.1) is 0 Å². The monoisotopic (exact) mass is 308 g/mol. The molecule has 0 saturated carbocycles. The van der Waals surface area contributed by atoms with E-state index in [1.807, 2.05) is 18.4 Å². The zero-order valence-electron chi connectivity index (χ0n) is 11.2. The predicted octanol–water partition coefficient (Wildman–Crippen LogP) is 0.603. The van der Waals surface area contributed by atoms with Crippen molar-refractivity contribution in [3.63, 3.8) is 0 Å². The van der Waals surface area contributed by atoms with E-state index in [2.05, 4.69) is 4.98 Å². The highest BCUT2D eigenvalue weighted by Crippen LogP contribution is 2.23. The van der Waals surface area contributed by atoms with Crippen LogP contribution in [0, 0.1) is 12.8 Å². The summed E-state index contributed by atoms with van der Waals surface area (Å²) in [6.07, 6.45) is 2.45. The topological polar surface area (TPSA) is 81.2 Å². The van der Waals surface area contributed by atoms with Gasteiger partial charge in [0.25, 0.3) is 10.0 Å². The van der Waals surface area contributed by atoms with Crippen LogP contribution in [0.3, 0.4) is 0 Å². The molecule has 8 heteroatoms. The summed E-state index contributed by atoms with van der Waals surface area (Å²) < 4.78 is 28.1. The van der Waals surface area contributed by atoms with Gasteiger partial charge in [-0.2, -0.15) is 4.31 Å². The molecule has 1 unspecified atom stereocenters. The molecule has 6 nitrogen and oxygen atoms in total. The van der Waals surface area contributed by atoms with Crippen molar-refractivity contribution < 1.29 is 8.42 Å². The zero-order chi connectivity index (χ0) is 13.3. The third-order valence-corrected chi connectivity index (χ3v) is 5.22. The number of imidazole rings is 1. The summed E-state index contributed by atoms with van der Waals surface area (Å²) in [6.45, 7) is 6.09. The molecule has 0 spiro atoms. The van der Waals surface area contributed by atoms with Gasteiger partial charge in [-0.25, -0.2) is 13.4 Å². The number of nitrogens with zero attached hydrogens (tertiary/aromatic N) is 3. The first kappa shape index (κ1) is 16.4. The normalized spacial score (nSPS) is 20.5. The van der Waals surface area contributed by atoms with Gasteiger partial charge < -0.3 is 10.3 Å². The zero-order valence-corrected chi connectivity index (χ0v) is 12.9. The maximum Gasteiger partial charge on any atom is 0.262 e. The summed E-state index contributed by atoms with van der Waals surface area (Å²) in [5, 5.41) is 0.152. The highest BCUT2D eigenvalue weighted by molar-refractivity contribution is 7.89. The van der Waals surface area contributed by atoms with Crippen LogP contribution in [0.1, 0.15) is 19.2 Å². The number of hydrogen-bond donors (Lipinski definition) is 1. The molecule has 1 fully saturated rings. The van der Waals surface area contributed by atoms with Crippen molar-refractivity contribution in [3.8, 4) is 0 Å². The van der Waals surface area contributed by atoms with Crippen LogP contribution in [0.2, 0.25) is 0 Å². The number of aromatic nitrogens is 2. The first-order valence-electron chi connectivity index (χ1n) is 6.23. The van der Waals surface area contributed by atoms with Crippen LogP contribution in [0.5, 0.6) is 0 Å². The smallest absolute Gasteiger partial charge is 0.262 e. The Balaban J connectivity index is 0.00000180. The molecule has 0 radical (unpaired) electrons. The number of hydrogen-bond acceptors (Lipinski definition) is 4. The Labute approximate surface area is 120 Å². The standard InChI is InChI=1S/C11H20N4O2S.ClH/c1-3-14-8-11(13-9(14)2)18(16,17)15-5-4-10(6-12)7-15;/h8,10H,3-7,12H2,1-2H3;1H. The highest BCUT2D eigenvalue weighted by Gasteiger charge is 2.33. The van der Waals surface area contributed by atoms with Gasteiger partial charge in [0.2, 0.25) is 0 Å². The average Bonchev–Trinajstić information content (AvgIpc) is 2.95. The average molecular weight is 309 g/mol. The molecule has 1 aromatic heterocycles. The van der Waals surface area contributed by atoms with E-state index >= 15 is 0 Å². The van der Waals surface area contributed by atoms with Gasteiger partial charge in [-0.3, -0.25) is 0 Å². The second kappa shape index (κ2) is 6.21. The molecule has 1 aliphatic heterocycles. The minimum Gasteiger partial charge on any atom is -0.334 e. The minimum absolute atomic E-state index is 0. The molecule has 0 aromatic carbocycles. The molecule has 1 saturated heterocycles. The Morgan fingerprint density at radius 1 is 1.53 bits per heavy atom. The lowest BCUT2D eigenvalue weighted by Gasteiger charge is -2.14. The molecule has 2 heterocycles. The molecular formula is C11H21ClN4O2S. The van der Waals surface area contributed by atoms with Gasteiger partial charge in [-0.15, -0.1) is 12.4 Å². The molecule has 2 rings (SSSR count). The molecule has 1 aliphatic rings. The van der Waals surface area contributed by atoms with Crippen molar-refractivity contribution >= 4 is 22.4 Å². The lowest BCUT2D eigenvalue weighted by molar-refractivity contribution is 0.457. The Bertz CT molecular complexity index is 529. The summed E-state index contributed by atoms with van der Waals surface area (Å²) >= 11 is 0. The van der Waals surface area contributed by atoms with Crippen LogP contribution in [-0.4, -0.2) is 41.9 Å². The maximum absolute atomic E-state index is 12.4. The van der Waals surface area contributed by atoms with Crippen molar-refractivity contribution in [2.75, 3.05) is 19.6 Å². The first-order valence-corrected chi connectivity index (χ1v) is 7.67. The van der Waals surface area contributed by atoms with Crippen LogP contribution in [0.25, 0.3) is 0 Å². The van der Waals surface area contributed by atoms with Crippen molar-refractivity contribution in [2.24, 2.45) is 11.7 Å². The number of halogens is 1. The minimum atomic E-state index is -3.45. The largest absolute Gasteiger partial charge is 0.334 e. The number of rotatable bonds is 4. The fourth-order valence-electron chi connectivity index (χ4n) is 2.26. The van der Waals surface area contributed by atoms with Crippen LogP contribution < -0.4 is 5.73 Å². The molecule has 1 atom stereocenters. The van der Waals surface area contributed by atoms with Crippen LogP contribution >= 0.6 is 12.4 Å². The maximum atomic E-state index is 12.4. The van der Waals surface area contributed by atoms with Gasteiger partial charge in [-0.1, -0.05) is 0 Å². The molecule has 110 valence electrons. The van der Waals surface area contributed by atoms with E-state index < -0.39 is 10.0 Å². The lowest BCUT2D eigenvalue weighted by atomic mass is 10.1. The number of aryl methyl sites for hydroxylation is 2. The first-order chi connectivity index (χ1) is 8.48. The third kappa shape index (κ3) is 3.10. The van der Waals surface area contributed by atoms with Crippen LogP contribution in [-0.2, 0) is 16.6 Å². The summed E-state index contributed by atoms with van der Waals surface area (Å²) in [7, 11) is -3.45. The Morgan fingerprint density at radius 2 is 2.21 bits per heavy atom. The van der Waals surface area contributed by atoms with E-state index in [0.717, 1.165) is 18.8 Å². The second-order valence-corrected chi connectivity index (χ2v) is 6.55. The molecule has 1 aromatic rings. The quantitative estimate of drug-likeness (QED) is 0.883. The number of nitrogens with two attached hydrogens (primary N) is 1. The Morgan fingerprint density at radius 3 is 2.68 bits per heavy atom. The SMILES string of the molecule is CCn1cc(S(=O)(=O)N2CCC(CN)C2)nc1C.Cl. The van der Waals surface area contributed by atoms with E-state index in [1.54, 1.807) is 6.20 Å². The molecule has 0 bridgehead atoms. The van der Waals surface area contributed by atoms with Crippen molar-refractivity contribution in [2.45, 2.75) is 31.8 Å². The van der Waals surface area contributed by atoms with Gasteiger partial charge in [0, 0.05) is 25.8 Å². The van der Waals surface area contributed by atoms with Crippen LogP contribution in [0.4, 0.5) is 0 Å². The molecule has 0 amide bonds. The molecule has 2 N–H and O–H groups in total.